The Morgan fingerprint density at radius 2 is 1.95 bits per heavy atom. The number of hydrogen-bond acceptors (Lipinski definition) is 5. The van der Waals surface area contributed by atoms with Gasteiger partial charge in [-0.3, -0.25) is 0 Å². The lowest BCUT2D eigenvalue weighted by atomic mass is 10.1. The minimum atomic E-state index is -3.69. The number of furan rings is 1. The van der Waals surface area contributed by atoms with Crippen LogP contribution >= 0.6 is 0 Å². The average Bonchev–Trinajstić information content (AvgIpc) is 2.62. The summed E-state index contributed by atoms with van der Waals surface area (Å²) < 4.78 is 37.9. The fraction of sp³-hybridized carbons (Fsp3) is 0.692. The third-order valence-electron chi connectivity index (χ3n) is 3.47. The summed E-state index contributed by atoms with van der Waals surface area (Å²) in [7, 11) is -3.69. The zero-order chi connectivity index (χ0) is 15.1. The van der Waals surface area contributed by atoms with Crippen molar-refractivity contribution in [2.24, 2.45) is 0 Å². The van der Waals surface area contributed by atoms with E-state index in [0.717, 1.165) is 0 Å². The van der Waals surface area contributed by atoms with Gasteiger partial charge in [-0.25, -0.2) is 8.42 Å². The summed E-state index contributed by atoms with van der Waals surface area (Å²) in [6.07, 6.45) is 0. The van der Waals surface area contributed by atoms with Gasteiger partial charge in [-0.1, -0.05) is 0 Å². The number of aliphatic hydroxyl groups excluding tert-OH is 1. The molecule has 0 bridgehead atoms. The van der Waals surface area contributed by atoms with Crippen LogP contribution in [0.1, 0.15) is 30.9 Å². The third kappa shape index (κ3) is 2.63. The second-order valence-electron chi connectivity index (χ2n) is 5.63. The summed E-state index contributed by atoms with van der Waals surface area (Å²) in [5, 5.41) is 9.41. The maximum Gasteiger partial charge on any atom is 0.247 e. The van der Waals surface area contributed by atoms with Crippen LogP contribution in [0.2, 0.25) is 0 Å². The molecular formula is C13H21NO5S. The standard InChI is InChI=1S/C13H21NO5S/c1-9-11(7-15)12(10(2)19-9)20(16,17)14-5-6-18-13(3,4)8-14/h15H,5-8H2,1-4H3. The molecule has 1 saturated heterocycles. The summed E-state index contributed by atoms with van der Waals surface area (Å²) in [6, 6.07) is 0. The summed E-state index contributed by atoms with van der Waals surface area (Å²) in [4.78, 5) is 0.0928. The predicted octanol–water partition coefficient (Wildman–Crippen LogP) is 1.19. The van der Waals surface area contributed by atoms with Crippen molar-refractivity contribution in [3.05, 3.63) is 17.1 Å². The number of nitrogens with zero attached hydrogens (tertiary/aromatic N) is 1. The van der Waals surface area contributed by atoms with Crippen molar-refractivity contribution in [3.63, 3.8) is 0 Å². The first kappa shape index (κ1) is 15.5. The van der Waals surface area contributed by atoms with Gasteiger partial charge in [-0.15, -0.1) is 0 Å². The number of rotatable bonds is 3. The van der Waals surface area contributed by atoms with E-state index in [2.05, 4.69) is 0 Å². The van der Waals surface area contributed by atoms with Crippen molar-refractivity contribution < 1.29 is 22.7 Å². The van der Waals surface area contributed by atoms with Crippen molar-refractivity contribution in [2.75, 3.05) is 19.7 Å². The molecule has 0 radical (unpaired) electrons. The highest BCUT2D eigenvalue weighted by atomic mass is 32.2. The van der Waals surface area contributed by atoms with Crippen molar-refractivity contribution >= 4 is 10.0 Å². The van der Waals surface area contributed by atoms with Gasteiger partial charge >= 0.3 is 0 Å². The zero-order valence-corrected chi connectivity index (χ0v) is 13.1. The van der Waals surface area contributed by atoms with E-state index >= 15 is 0 Å². The maximum absolute atomic E-state index is 12.8. The van der Waals surface area contributed by atoms with Gasteiger partial charge in [0.05, 0.1) is 18.8 Å². The van der Waals surface area contributed by atoms with Gasteiger partial charge in [-0.2, -0.15) is 4.31 Å². The lowest BCUT2D eigenvalue weighted by molar-refractivity contribution is -0.0640. The van der Waals surface area contributed by atoms with Gasteiger partial charge in [0.15, 0.2) is 0 Å². The topological polar surface area (TPSA) is 80.0 Å². The van der Waals surface area contributed by atoms with Gasteiger partial charge in [0.25, 0.3) is 0 Å². The fourth-order valence-corrected chi connectivity index (χ4v) is 4.52. The smallest absolute Gasteiger partial charge is 0.247 e. The Balaban J connectivity index is 2.45. The van der Waals surface area contributed by atoms with Crippen LogP contribution < -0.4 is 0 Å². The Labute approximate surface area is 119 Å². The Hall–Kier alpha value is -0.890. The largest absolute Gasteiger partial charge is 0.465 e. The highest BCUT2D eigenvalue weighted by molar-refractivity contribution is 7.89. The van der Waals surface area contributed by atoms with E-state index in [1.807, 2.05) is 13.8 Å². The molecule has 0 unspecified atom stereocenters. The first-order valence-electron chi connectivity index (χ1n) is 6.53. The van der Waals surface area contributed by atoms with Crippen molar-refractivity contribution in [1.82, 2.24) is 4.31 Å². The first-order chi connectivity index (χ1) is 9.19. The molecule has 1 aliphatic heterocycles. The molecule has 0 spiro atoms. The zero-order valence-electron chi connectivity index (χ0n) is 12.3. The lowest BCUT2D eigenvalue weighted by Crippen LogP contribution is -2.50. The Morgan fingerprint density at radius 3 is 2.50 bits per heavy atom. The Bertz CT molecular complexity index is 603. The van der Waals surface area contributed by atoms with Crippen LogP contribution in [0.3, 0.4) is 0 Å². The molecule has 0 atom stereocenters. The molecule has 1 N–H and O–H groups in total. The second kappa shape index (κ2) is 5.14. The van der Waals surface area contributed by atoms with Crippen LogP contribution in [0.15, 0.2) is 9.31 Å². The molecule has 0 aromatic carbocycles. The van der Waals surface area contributed by atoms with E-state index in [4.69, 9.17) is 9.15 Å². The maximum atomic E-state index is 12.8. The molecule has 1 aromatic heterocycles. The molecule has 1 aliphatic rings. The minimum Gasteiger partial charge on any atom is -0.465 e. The summed E-state index contributed by atoms with van der Waals surface area (Å²) in [6.45, 7) is 7.56. The number of hydrogen-bond donors (Lipinski definition) is 1. The molecule has 114 valence electrons. The lowest BCUT2D eigenvalue weighted by Gasteiger charge is -2.37. The van der Waals surface area contributed by atoms with Gasteiger partial charge in [-0.05, 0) is 27.7 Å². The van der Waals surface area contributed by atoms with E-state index in [1.165, 1.54) is 4.31 Å². The number of aliphatic hydroxyl groups is 1. The number of ether oxygens (including phenoxy) is 1. The normalized spacial score (nSPS) is 20.2. The average molecular weight is 303 g/mol. The Kier molecular flexibility index (Phi) is 3.98. The van der Waals surface area contributed by atoms with Crippen molar-refractivity contribution in [2.45, 2.75) is 44.8 Å². The number of sulfonamides is 1. The van der Waals surface area contributed by atoms with Gasteiger partial charge in [0.2, 0.25) is 10.0 Å². The molecule has 7 heteroatoms. The van der Waals surface area contributed by atoms with Crippen LogP contribution in [0.25, 0.3) is 0 Å². The second-order valence-corrected chi connectivity index (χ2v) is 7.50. The van der Waals surface area contributed by atoms with Crippen LogP contribution in [-0.4, -0.2) is 43.1 Å². The molecule has 0 aliphatic carbocycles. The van der Waals surface area contributed by atoms with Crippen LogP contribution in [-0.2, 0) is 21.4 Å². The van der Waals surface area contributed by atoms with E-state index in [-0.39, 0.29) is 18.0 Å². The molecular weight excluding hydrogens is 282 g/mol. The molecule has 1 aromatic rings. The predicted molar refractivity (Wildman–Crippen MR) is 72.9 cm³/mol. The fourth-order valence-electron chi connectivity index (χ4n) is 2.54. The van der Waals surface area contributed by atoms with E-state index in [0.29, 0.717) is 30.2 Å². The van der Waals surface area contributed by atoms with Gasteiger partial charge < -0.3 is 14.3 Å². The summed E-state index contributed by atoms with van der Waals surface area (Å²) in [5.41, 5.74) is -0.177. The number of morpholine rings is 1. The SMILES string of the molecule is Cc1oc(C)c(S(=O)(=O)N2CCOC(C)(C)C2)c1CO. The minimum absolute atomic E-state index is 0.0928. The van der Waals surface area contributed by atoms with Crippen LogP contribution in [0.5, 0.6) is 0 Å². The third-order valence-corrected chi connectivity index (χ3v) is 5.51. The van der Waals surface area contributed by atoms with E-state index in [1.54, 1.807) is 13.8 Å². The molecule has 0 saturated carbocycles. The van der Waals surface area contributed by atoms with Crippen molar-refractivity contribution in [3.8, 4) is 0 Å². The van der Waals surface area contributed by atoms with E-state index in [9.17, 15) is 13.5 Å². The molecule has 0 amide bonds. The quantitative estimate of drug-likeness (QED) is 0.907. The van der Waals surface area contributed by atoms with E-state index < -0.39 is 15.6 Å². The highest BCUT2D eigenvalue weighted by Crippen LogP contribution is 2.31. The first-order valence-corrected chi connectivity index (χ1v) is 7.97. The molecule has 20 heavy (non-hydrogen) atoms. The Morgan fingerprint density at radius 1 is 1.30 bits per heavy atom. The van der Waals surface area contributed by atoms with Crippen LogP contribution in [0.4, 0.5) is 0 Å². The monoisotopic (exact) mass is 303 g/mol. The van der Waals surface area contributed by atoms with Crippen molar-refractivity contribution in [1.29, 1.82) is 0 Å². The summed E-state index contributed by atoms with van der Waals surface area (Å²) >= 11 is 0. The summed E-state index contributed by atoms with van der Waals surface area (Å²) in [5.74, 6) is 0.756. The molecule has 2 heterocycles. The highest BCUT2D eigenvalue weighted by Gasteiger charge is 2.38. The van der Waals surface area contributed by atoms with Crippen LogP contribution in [0, 0.1) is 13.8 Å². The van der Waals surface area contributed by atoms with Gasteiger partial charge in [0.1, 0.15) is 16.4 Å². The van der Waals surface area contributed by atoms with Gasteiger partial charge in [0, 0.05) is 18.7 Å². The molecule has 2 rings (SSSR count). The number of aryl methyl sites for hydroxylation is 2. The molecule has 1 fully saturated rings. The molecule has 6 nitrogen and oxygen atoms in total.